The topological polar surface area (TPSA) is 56.7 Å². The number of carbonyl (C=O) groups is 1. The van der Waals surface area contributed by atoms with Crippen LogP contribution in [0.1, 0.15) is 4.88 Å². The van der Waals surface area contributed by atoms with Gasteiger partial charge in [-0.2, -0.15) is 0 Å². The molecule has 1 aliphatic heterocycles. The molecule has 1 amide bonds. The zero-order valence-electron chi connectivity index (χ0n) is 11.8. The van der Waals surface area contributed by atoms with Gasteiger partial charge >= 0.3 is 6.09 Å². The second-order valence-corrected chi connectivity index (χ2v) is 6.21. The van der Waals surface area contributed by atoms with E-state index in [-0.39, 0.29) is 0 Å². The van der Waals surface area contributed by atoms with Crippen molar-refractivity contribution in [3.63, 3.8) is 0 Å². The monoisotopic (exact) mass is 303 g/mol. The van der Waals surface area contributed by atoms with Crippen molar-refractivity contribution in [2.75, 3.05) is 31.1 Å². The summed E-state index contributed by atoms with van der Waals surface area (Å²) in [6.45, 7) is 4.56. The van der Waals surface area contributed by atoms with E-state index in [0.717, 1.165) is 16.4 Å². The second kappa shape index (κ2) is 5.73. The van der Waals surface area contributed by atoms with Crippen LogP contribution in [0.5, 0.6) is 0 Å². The van der Waals surface area contributed by atoms with Crippen LogP contribution in [-0.2, 0) is 0 Å². The van der Waals surface area contributed by atoms with Gasteiger partial charge in [-0.05, 0) is 6.92 Å². The van der Waals surface area contributed by atoms with E-state index in [1.54, 1.807) is 11.3 Å². The zero-order chi connectivity index (χ0) is 14.8. The maximum absolute atomic E-state index is 10.9. The van der Waals surface area contributed by atoms with Gasteiger partial charge in [0.15, 0.2) is 5.13 Å². The number of aromatic nitrogens is 1. The highest BCUT2D eigenvalue weighted by atomic mass is 32.1. The molecule has 3 rings (SSSR count). The first-order valence-electron chi connectivity index (χ1n) is 6.91. The highest BCUT2D eigenvalue weighted by Crippen LogP contribution is 2.32. The normalized spacial score (nSPS) is 15.3. The van der Waals surface area contributed by atoms with Crippen molar-refractivity contribution in [3.8, 4) is 11.3 Å². The fraction of sp³-hybridized carbons (Fsp3) is 0.333. The lowest BCUT2D eigenvalue weighted by atomic mass is 10.1. The Kier molecular flexibility index (Phi) is 3.79. The van der Waals surface area contributed by atoms with Crippen LogP contribution in [0.25, 0.3) is 11.3 Å². The third-order valence-corrected chi connectivity index (χ3v) is 4.68. The molecule has 1 aromatic carbocycles. The molecule has 2 aromatic rings. The molecule has 0 spiro atoms. The molecule has 0 saturated carbocycles. The van der Waals surface area contributed by atoms with Gasteiger partial charge in [0.1, 0.15) is 0 Å². The molecule has 5 nitrogen and oxygen atoms in total. The van der Waals surface area contributed by atoms with Crippen LogP contribution in [0.2, 0.25) is 0 Å². The molecule has 1 aromatic heterocycles. The van der Waals surface area contributed by atoms with Gasteiger partial charge in [0.25, 0.3) is 0 Å². The van der Waals surface area contributed by atoms with E-state index in [9.17, 15) is 4.79 Å². The summed E-state index contributed by atoms with van der Waals surface area (Å²) in [5.74, 6) is 0. The van der Waals surface area contributed by atoms with Crippen LogP contribution in [0.15, 0.2) is 30.3 Å². The number of nitrogens with zero attached hydrogens (tertiary/aromatic N) is 3. The Morgan fingerprint density at radius 2 is 1.86 bits per heavy atom. The number of carboxylic acid groups (broad SMARTS) is 1. The van der Waals surface area contributed by atoms with Gasteiger partial charge in [-0.25, -0.2) is 9.78 Å². The summed E-state index contributed by atoms with van der Waals surface area (Å²) in [7, 11) is 0. The number of thiazole rings is 1. The molecule has 0 atom stereocenters. The average Bonchev–Trinajstić information content (AvgIpc) is 2.90. The molecule has 1 aliphatic rings. The highest BCUT2D eigenvalue weighted by Gasteiger charge is 2.23. The summed E-state index contributed by atoms with van der Waals surface area (Å²) in [6, 6.07) is 10.2. The van der Waals surface area contributed by atoms with Crippen molar-refractivity contribution in [3.05, 3.63) is 35.2 Å². The Morgan fingerprint density at radius 1 is 1.19 bits per heavy atom. The molecule has 21 heavy (non-hydrogen) atoms. The van der Waals surface area contributed by atoms with Crippen LogP contribution in [0.4, 0.5) is 9.93 Å². The number of aryl methyl sites for hydroxylation is 1. The minimum Gasteiger partial charge on any atom is -0.465 e. The lowest BCUT2D eigenvalue weighted by Crippen LogP contribution is -2.48. The number of benzene rings is 1. The van der Waals surface area contributed by atoms with E-state index in [0.29, 0.717) is 26.2 Å². The van der Waals surface area contributed by atoms with Gasteiger partial charge in [0.05, 0.1) is 5.69 Å². The first-order chi connectivity index (χ1) is 10.1. The van der Waals surface area contributed by atoms with Gasteiger partial charge in [-0.3, -0.25) is 0 Å². The molecule has 0 bridgehead atoms. The van der Waals surface area contributed by atoms with Gasteiger partial charge < -0.3 is 14.9 Å². The standard InChI is InChI=1S/C15H17N3O2S/c1-11-13(12-5-3-2-4-6-12)16-14(21-11)17-7-9-18(10-8-17)15(19)20/h2-6H,7-10H2,1H3,(H,19,20). The lowest BCUT2D eigenvalue weighted by molar-refractivity contribution is 0.142. The van der Waals surface area contributed by atoms with E-state index in [4.69, 9.17) is 10.1 Å². The second-order valence-electron chi connectivity index (χ2n) is 5.02. The number of amides is 1. The van der Waals surface area contributed by atoms with E-state index in [1.807, 2.05) is 18.2 Å². The smallest absolute Gasteiger partial charge is 0.407 e. The van der Waals surface area contributed by atoms with Crippen LogP contribution in [0.3, 0.4) is 0 Å². The van der Waals surface area contributed by atoms with Gasteiger partial charge in [-0.1, -0.05) is 30.3 Å². The fourth-order valence-corrected chi connectivity index (χ4v) is 3.45. The summed E-state index contributed by atoms with van der Waals surface area (Å²) < 4.78 is 0. The minimum absolute atomic E-state index is 0.536. The summed E-state index contributed by atoms with van der Waals surface area (Å²) >= 11 is 1.67. The molecule has 0 unspecified atom stereocenters. The van der Waals surface area contributed by atoms with Crippen molar-refractivity contribution >= 4 is 22.6 Å². The molecule has 0 aliphatic carbocycles. The number of hydrogen-bond donors (Lipinski definition) is 1. The summed E-state index contributed by atoms with van der Waals surface area (Å²) in [6.07, 6.45) is -0.838. The molecule has 0 radical (unpaired) electrons. The molecule has 110 valence electrons. The quantitative estimate of drug-likeness (QED) is 0.927. The van der Waals surface area contributed by atoms with E-state index in [2.05, 4.69) is 24.0 Å². The minimum atomic E-state index is -0.838. The molecule has 2 heterocycles. The Bertz CT molecular complexity index is 634. The first-order valence-corrected chi connectivity index (χ1v) is 7.72. The number of anilines is 1. The number of rotatable bonds is 2. The largest absolute Gasteiger partial charge is 0.465 e. The predicted octanol–water partition coefficient (Wildman–Crippen LogP) is 2.92. The van der Waals surface area contributed by atoms with Crippen LogP contribution < -0.4 is 4.90 Å². The summed E-state index contributed by atoms with van der Waals surface area (Å²) in [5.41, 5.74) is 2.15. The van der Waals surface area contributed by atoms with E-state index < -0.39 is 6.09 Å². The Balaban J connectivity index is 1.78. The van der Waals surface area contributed by atoms with Crippen molar-refractivity contribution in [2.24, 2.45) is 0 Å². The lowest BCUT2D eigenvalue weighted by Gasteiger charge is -2.32. The maximum atomic E-state index is 10.9. The van der Waals surface area contributed by atoms with Crippen LogP contribution >= 0.6 is 11.3 Å². The third-order valence-electron chi connectivity index (χ3n) is 3.65. The van der Waals surface area contributed by atoms with Crippen molar-refractivity contribution in [1.29, 1.82) is 0 Å². The molecule has 1 saturated heterocycles. The first kappa shape index (κ1) is 13.9. The summed E-state index contributed by atoms with van der Waals surface area (Å²) in [4.78, 5) is 20.5. The number of piperazine rings is 1. The summed E-state index contributed by atoms with van der Waals surface area (Å²) in [5, 5.41) is 9.97. The fourth-order valence-electron chi connectivity index (χ4n) is 2.47. The number of hydrogen-bond acceptors (Lipinski definition) is 4. The Hall–Kier alpha value is -2.08. The molecular formula is C15H17N3O2S. The molecular weight excluding hydrogens is 286 g/mol. The molecule has 6 heteroatoms. The highest BCUT2D eigenvalue weighted by molar-refractivity contribution is 7.16. The van der Waals surface area contributed by atoms with Crippen molar-refractivity contribution in [1.82, 2.24) is 9.88 Å². The maximum Gasteiger partial charge on any atom is 0.407 e. The SMILES string of the molecule is Cc1sc(N2CCN(C(=O)O)CC2)nc1-c1ccccc1. The zero-order valence-corrected chi connectivity index (χ0v) is 12.6. The Labute approximate surface area is 127 Å². The van der Waals surface area contributed by atoms with Crippen LogP contribution in [-0.4, -0.2) is 47.3 Å². The predicted molar refractivity (Wildman–Crippen MR) is 84.1 cm³/mol. The van der Waals surface area contributed by atoms with Gasteiger partial charge in [-0.15, -0.1) is 11.3 Å². The molecule has 1 fully saturated rings. The van der Waals surface area contributed by atoms with Crippen LogP contribution in [0, 0.1) is 6.92 Å². The average molecular weight is 303 g/mol. The third kappa shape index (κ3) is 2.85. The van der Waals surface area contributed by atoms with E-state index >= 15 is 0 Å². The van der Waals surface area contributed by atoms with Crippen molar-refractivity contribution < 1.29 is 9.90 Å². The van der Waals surface area contributed by atoms with Gasteiger partial charge in [0, 0.05) is 36.6 Å². The van der Waals surface area contributed by atoms with Gasteiger partial charge in [0.2, 0.25) is 0 Å². The Morgan fingerprint density at radius 3 is 2.48 bits per heavy atom. The van der Waals surface area contributed by atoms with E-state index in [1.165, 1.54) is 9.78 Å². The molecule has 1 N–H and O–H groups in total. The van der Waals surface area contributed by atoms with Crippen molar-refractivity contribution in [2.45, 2.75) is 6.92 Å².